The minimum absolute atomic E-state index is 0.0441. The topological polar surface area (TPSA) is 93.1 Å². The minimum Gasteiger partial charge on any atom is -0.489 e. The molecule has 1 aromatic rings. The Kier molecular flexibility index (Phi) is 5.68. The second kappa shape index (κ2) is 8.24. The van der Waals surface area contributed by atoms with Crippen LogP contribution >= 0.6 is 0 Å². The van der Waals surface area contributed by atoms with Gasteiger partial charge in [-0.1, -0.05) is 33.8 Å². The molecule has 1 saturated heterocycles. The molecule has 1 aromatic carbocycles. The number of methoxy groups -OCH3 is 1. The summed E-state index contributed by atoms with van der Waals surface area (Å²) < 4.78 is 11.6. The number of carbonyl (C=O) groups is 3. The van der Waals surface area contributed by atoms with Crippen molar-refractivity contribution in [2.75, 3.05) is 13.7 Å². The van der Waals surface area contributed by atoms with Crippen molar-refractivity contribution in [2.24, 2.45) is 29.1 Å². The van der Waals surface area contributed by atoms with Gasteiger partial charge >= 0.3 is 12.1 Å². The Balaban J connectivity index is 1.42. The highest BCUT2D eigenvalue weighted by atomic mass is 16.5. The summed E-state index contributed by atoms with van der Waals surface area (Å²) in [5.41, 5.74) is 0.982. The van der Waals surface area contributed by atoms with Gasteiger partial charge in [-0.3, -0.25) is 9.59 Å². The summed E-state index contributed by atoms with van der Waals surface area (Å²) in [5, 5.41) is 9.87. The lowest BCUT2D eigenvalue weighted by molar-refractivity contribution is -0.145. The smallest absolute Gasteiger partial charge is 0.407 e. The molecule has 2 aliphatic carbocycles. The van der Waals surface area contributed by atoms with Crippen LogP contribution in [0.15, 0.2) is 18.2 Å². The molecular formula is C28H37NO6. The number of carboxylic acid groups (broad SMARTS) is 1. The molecule has 2 bridgehead atoms. The maximum absolute atomic E-state index is 13.2. The van der Waals surface area contributed by atoms with Crippen molar-refractivity contribution >= 4 is 17.8 Å². The number of likely N-dealkylation sites (tertiary alicyclic amines) is 1. The molecule has 2 heterocycles. The molecule has 4 aliphatic rings. The predicted octanol–water partition coefficient (Wildman–Crippen LogP) is 5.13. The third kappa shape index (κ3) is 3.82. The van der Waals surface area contributed by atoms with E-state index < -0.39 is 11.6 Å². The number of carbonyl (C=O) groups excluding carboxylic acids is 2. The van der Waals surface area contributed by atoms with Gasteiger partial charge < -0.3 is 19.5 Å². The molecule has 190 valence electrons. The van der Waals surface area contributed by atoms with Gasteiger partial charge in [0.05, 0.1) is 24.1 Å². The quantitative estimate of drug-likeness (QED) is 0.584. The zero-order valence-corrected chi connectivity index (χ0v) is 21.4. The maximum Gasteiger partial charge on any atom is 0.407 e. The summed E-state index contributed by atoms with van der Waals surface area (Å²) in [7, 11) is 1.42. The summed E-state index contributed by atoms with van der Waals surface area (Å²) >= 11 is 0. The lowest BCUT2D eigenvalue weighted by Crippen LogP contribution is -2.57. The first-order valence-corrected chi connectivity index (χ1v) is 12.9. The van der Waals surface area contributed by atoms with Gasteiger partial charge in [-0.15, -0.1) is 0 Å². The number of esters is 1. The summed E-state index contributed by atoms with van der Waals surface area (Å²) in [6, 6.07) is 5.80. The van der Waals surface area contributed by atoms with Crippen molar-refractivity contribution in [3.05, 3.63) is 29.3 Å². The number of nitrogens with zero attached hydrogens (tertiary/aromatic N) is 1. The van der Waals surface area contributed by atoms with Crippen molar-refractivity contribution in [3.8, 4) is 5.75 Å². The van der Waals surface area contributed by atoms with Crippen LogP contribution in [0, 0.1) is 29.1 Å². The van der Waals surface area contributed by atoms with Gasteiger partial charge in [-0.05, 0) is 66.5 Å². The average molecular weight is 484 g/mol. The van der Waals surface area contributed by atoms with Gasteiger partial charge in [-0.25, -0.2) is 4.79 Å². The zero-order chi connectivity index (χ0) is 25.3. The molecule has 7 heteroatoms. The fourth-order valence-corrected chi connectivity index (χ4v) is 7.34. The number of hydrogen-bond acceptors (Lipinski definition) is 5. The highest BCUT2D eigenvalue weighted by Gasteiger charge is 2.64. The second-order valence-electron chi connectivity index (χ2n) is 12.2. The third-order valence-electron chi connectivity index (χ3n) is 9.41. The highest BCUT2D eigenvalue weighted by molar-refractivity contribution is 6.00. The first kappa shape index (κ1) is 24.1. The Labute approximate surface area is 207 Å². The largest absolute Gasteiger partial charge is 0.489 e. The van der Waals surface area contributed by atoms with E-state index in [9.17, 15) is 19.5 Å². The van der Waals surface area contributed by atoms with Crippen LogP contribution in [0.3, 0.4) is 0 Å². The van der Waals surface area contributed by atoms with E-state index >= 15 is 0 Å². The van der Waals surface area contributed by atoms with Crippen LogP contribution < -0.4 is 4.74 Å². The lowest BCUT2D eigenvalue weighted by atomic mass is 9.70. The Morgan fingerprint density at radius 2 is 1.94 bits per heavy atom. The van der Waals surface area contributed by atoms with Crippen molar-refractivity contribution in [1.29, 1.82) is 0 Å². The number of ketones is 1. The Bertz CT molecular complexity index is 1060. The van der Waals surface area contributed by atoms with Crippen LogP contribution in [-0.2, 0) is 9.53 Å². The Morgan fingerprint density at radius 1 is 1.23 bits per heavy atom. The number of Topliss-reactive ketones (excluding diaryl/α,β-unsaturated/α-hetero) is 1. The number of fused-ring (bicyclic) bond motifs is 3. The predicted molar refractivity (Wildman–Crippen MR) is 130 cm³/mol. The Morgan fingerprint density at radius 3 is 2.54 bits per heavy atom. The first-order chi connectivity index (χ1) is 16.5. The summed E-state index contributed by atoms with van der Waals surface area (Å²) in [5.74, 6) is 1.01. The molecule has 0 radical (unpaired) electrons. The fraction of sp³-hybridized carbons (Fsp3) is 0.679. The third-order valence-corrected chi connectivity index (χ3v) is 9.41. The molecule has 5 rings (SSSR count). The van der Waals surface area contributed by atoms with Gasteiger partial charge in [0.15, 0.2) is 5.78 Å². The van der Waals surface area contributed by atoms with Crippen molar-refractivity contribution in [3.63, 3.8) is 0 Å². The highest BCUT2D eigenvalue weighted by Crippen LogP contribution is 2.59. The number of benzene rings is 1. The first-order valence-electron chi connectivity index (χ1n) is 12.9. The monoisotopic (exact) mass is 483 g/mol. The van der Waals surface area contributed by atoms with E-state index in [0.717, 1.165) is 24.8 Å². The fourth-order valence-electron chi connectivity index (χ4n) is 7.34. The van der Waals surface area contributed by atoms with E-state index in [2.05, 4.69) is 20.8 Å². The van der Waals surface area contributed by atoms with Crippen LogP contribution in [0.2, 0.25) is 0 Å². The Hall–Kier alpha value is -2.57. The molecule has 2 aliphatic heterocycles. The number of hydrogen-bond donors (Lipinski definition) is 1. The second-order valence-corrected chi connectivity index (χ2v) is 12.2. The molecule has 3 unspecified atom stereocenters. The number of amides is 1. The average Bonchev–Trinajstić information content (AvgIpc) is 3.44. The van der Waals surface area contributed by atoms with E-state index in [1.165, 1.54) is 7.11 Å². The van der Waals surface area contributed by atoms with E-state index in [0.29, 0.717) is 36.6 Å². The summed E-state index contributed by atoms with van der Waals surface area (Å²) in [4.78, 5) is 39.2. The van der Waals surface area contributed by atoms with Gasteiger partial charge in [-0.2, -0.15) is 0 Å². The van der Waals surface area contributed by atoms with Crippen LogP contribution in [-0.4, -0.2) is 53.1 Å². The van der Waals surface area contributed by atoms with E-state index in [1.54, 1.807) is 4.90 Å². The van der Waals surface area contributed by atoms with E-state index in [4.69, 9.17) is 9.47 Å². The summed E-state index contributed by atoms with van der Waals surface area (Å²) in [6.45, 7) is 8.76. The van der Waals surface area contributed by atoms with E-state index in [-0.39, 0.29) is 46.9 Å². The standard InChI is InChI=1S/C28H37NO6/c1-15(25(31)34-5)24(16-6-7-16)17-8-9-19-21(30)11-23(35-22(19)10-17)20-13-28(27(2,3)4)12-18(20)14-29(28)26(32)33/h8-10,15-16,18,20,23-24H,6-7,11-14H2,1-5H3,(H,32,33)/t15-,18+,20?,23?,24-,28?/m0/s1. The number of piperidine rings is 1. The molecular weight excluding hydrogens is 446 g/mol. The minimum atomic E-state index is -0.859. The van der Waals surface area contributed by atoms with Crippen molar-refractivity contribution < 1.29 is 29.0 Å². The molecule has 1 amide bonds. The van der Waals surface area contributed by atoms with Crippen LogP contribution in [0.25, 0.3) is 0 Å². The molecule has 0 aromatic heterocycles. The zero-order valence-electron chi connectivity index (χ0n) is 21.4. The maximum atomic E-state index is 13.2. The van der Waals surface area contributed by atoms with Gasteiger partial charge in [0, 0.05) is 18.9 Å². The number of rotatable bonds is 5. The van der Waals surface area contributed by atoms with Crippen molar-refractivity contribution in [2.45, 2.75) is 77.4 Å². The number of ether oxygens (including phenoxy) is 2. The van der Waals surface area contributed by atoms with Gasteiger partial charge in [0.1, 0.15) is 11.9 Å². The van der Waals surface area contributed by atoms with E-state index in [1.807, 2.05) is 25.1 Å². The van der Waals surface area contributed by atoms with Crippen molar-refractivity contribution in [1.82, 2.24) is 4.90 Å². The molecule has 1 N–H and O–H groups in total. The molecule has 0 spiro atoms. The van der Waals surface area contributed by atoms with Crippen LogP contribution in [0.1, 0.15) is 81.6 Å². The van der Waals surface area contributed by atoms with Crippen LogP contribution in [0.4, 0.5) is 4.79 Å². The van der Waals surface area contributed by atoms with Gasteiger partial charge in [0.2, 0.25) is 0 Å². The van der Waals surface area contributed by atoms with Gasteiger partial charge in [0.25, 0.3) is 0 Å². The normalized spacial score (nSPS) is 31.5. The SMILES string of the molecule is COC(=O)[C@@H](C)[C@H](c1ccc2c(c1)OC(C1CC3(C(C)(C)C)C[C@@H]1CN3C(=O)O)CC2=O)C1CC1. The molecule has 2 saturated carbocycles. The molecule has 3 fully saturated rings. The molecule has 7 nitrogen and oxygen atoms in total. The summed E-state index contributed by atoms with van der Waals surface area (Å²) in [6.07, 6.45) is 2.91. The molecule has 6 atom stereocenters. The lowest BCUT2D eigenvalue weighted by Gasteiger charge is -2.49. The van der Waals surface area contributed by atoms with Crippen LogP contribution in [0.5, 0.6) is 5.75 Å². The molecule has 35 heavy (non-hydrogen) atoms.